The summed E-state index contributed by atoms with van der Waals surface area (Å²) < 4.78 is 0. The summed E-state index contributed by atoms with van der Waals surface area (Å²) in [5, 5.41) is 3.98. The maximum Gasteiger partial charge on any atom is 0.277 e. The molecule has 1 aliphatic rings. The molecule has 7 heteroatoms. The van der Waals surface area contributed by atoms with Crippen LogP contribution in [0.2, 0.25) is 0 Å². The van der Waals surface area contributed by atoms with Gasteiger partial charge in [0.05, 0.1) is 16.8 Å². The number of thiophene rings is 2. The molecule has 1 saturated heterocycles. The summed E-state index contributed by atoms with van der Waals surface area (Å²) in [5.74, 6) is 0.254. The minimum absolute atomic E-state index is 0.0811. The molecule has 128 valence electrons. The Morgan fingerprint density at radius 2 is 1.71 bits per heavy atom. The highest BCUT2D eigenvalue weighted by Gasteiger charge is 2.26. The van der Waals surface area contributed by atoms with Crippen LogP contribution in [0.3, 0.4) is 0 Å². The number of amides is 2. The van der Waals surface area contributed by atoms with E-state index in [1.165, 1.54) is 21.1 Å². The molecule has 2 amide bonds. The molecule has 1 N–H and O–H groups in total. The lowest BCUT2D eigenvalue weighted by atomic mass is 10.2. The minimum atomic E-state index is 0.0811. The van der Waals surface area contributed by atoms with Crippen LogP contribution in [-0.2, 0) is 11.3 Å². The average molecular weight is 365 g/mol. The second-order valence-electron chi connectivity index (χ2n) is 6.04. The molecule has 2 aromatic heterocycles. The van der Waals surface area contributed by atoms with Crippen LogP contribution in [0.4, 0.5) is 0 Å². The molecule has 2 aromatic rings. The zero-order valence-electron chi connectivity index (χ0n) is 13.7. The predicted octanol–water partition coefficient (Wildman–Crippen LogP) is 0.809. The summed E-state index contributed by atoms with van der Waals surface area (Å²) in [6.45, 7) is 3.86. The Bertz CT molecular complexity index is 662. The topological polar surface area (TPSA) is 45.1 Å². The summed E-state index contributed by atoms with van der Waals surface area (Å²) in [6.07, 6.45) is 0. The van der Waals surface area contributed by atoms with Crippen molar-refractivity contribution in [3.05, 3.63) is 44.8 Å². The summed E-state index contributed by atoms with van der Waals surface area (Å²) in [7, 11) is 2.05. The van der Waals surface area contributed by atoms with Gasteiger partial charge in [-0.1, -0.05) is 12.1 Å². The first-order valence-corrected chi connectivity index (χ1v) is 9.83. The number of quaternary nitrogens is 1. The van der Waals surface area contributed by atoms with E-state index in [2.05, 4.69) is 11.4 Å². The van der Waals surface area contributed by atoms with Crippen LogP contribution in [0.25, 0.3) is 0 Å². The largest absolute Gasteiger partial charge is 0.334 e. The Labute approximate surface area is 150 Å². The molecule has 3 heterocycles. The fourth-order valence-corrected chi connectivity index (χ4v) is 4.37. The molecule has 1 fully saturated rings. The Kier molecular flexibility index (Phi) is 5.65. The number of piperazine rings is 1. The van der Waals surface area contributed by atoms with Crippen LogP contribution in [0.15, 0.2) is 35.0 Å². The van der Waals surface area contributed by atoms with E-state index in [0.717, 1.165) is 11.4 Å². The van der Waals surface area contributed by atoms with Crippen LogP contribution in [0, 0.1) is 0 Å². The summed E-state index contributed by atoms with van der Waals surface area (Å²) in [6, 6.07) is 7.89. The maximum atomic E-state index is 12.4. The number of nitrogens with one attached hydrogen (secondary N) is 1. The molecule has 0 bridgehead atoms. The van der Waals surface area contributed by atoms with Gasteiger partial charge in [0.15, 0.2) is 6.54 Å². The van der Waals surface area contributed by atoms with E-state index in [1.807, 2.05) is 40.4 Å². The first kappa shape index (κ1) is 17.1. The van der Waals surface area contributed by atoms with Crippen LogP contribution in [0.1, 0.15) is 14.5 Å². The van der Waals surface area contributed by atoms with Gasteiger partial charge >= 0.3 is 0 Å². The molecule has 0 aromatic carbocycles. The third kappa shape index (κ3) is 4.23. The van der Waals surface area contributed by atoms with Gasteiger partial charge in [-0.2, -0.15) is 0 Å². The maximum absolute atomic E-state index is 12.4. The highest BCUT2D eigenvalue weighted by molar-refractivity contribution is 7.12. The number of carbonyl (C=O) groups excluding carboxylic acids is 2. The van der Waals surface area contributed by atoms with Crippen molar-refractivity contribution in [2.24, 2.45) is 0 Å². The zero-order chi connectivity index (χ0) is 16.9. The van der Waals surface area contributed by atoms with E-state index in [-0.39, 0.29) is 11.8 Å². The Morgan fingerprint density at radius 1 is 1.04 bits per heavy atom. The highest BCUT2D eigenvalue weighted by atomic mass is 32.1. The van der Waals surface area contributed by atoms with Crippen molar-refractivity contribution >= 4 is 34.5 Å². The van der Waals surface area contributed by atoms with Crippen molar-refractivity contribution in [2.45, 2.75) is 6.54 Å². The van der Waals surface area contributed by atoms with Crippen LogP contribution in [-0.4, -0.2) is 61.4 Å². The fourth-order valence-electron chi connectivity index (χ4n) is 2.86. The first-order chi connectivity index (χ1) is 11.6. The van der Waals surface area contributed by atoms with Gasteiger partial charge in [-0.15, -0.1) is 22.7 Å². The van der Waals surface area contributed by atoms with Gasteiger partial charge in [0.2, 0.25) is 0 Å². The fraction of sp³-hybridized carbons (Fsp3) is 0.412. The molecule has 0 saturated carbocycles. The second kappa shape index (κ2) is 7.92. The van der Waals surface area contributed by atoms with Gasteiger partial charge in [-0.25, -0.2) is 0 Å². The third-order valence-corrected chi connectivity index (χ3v) is 5.89. The third-order valence-electron chi connectivity index (χ3n) is 4.16. The van der Waals surface area contributed by atoms with E-state index in [1.54, 1.807) is 11.3 Å². The summed E-state index contributed by atoms with van der Waals surface area (Å²) in [5.41, 5.74) is 0. The number of hydrogen-bond donors (Lipinski definition) is 1. The van der Waals surface area contributed by atoms with Gasteiger partial charge in [0.25, 0.3) is 11.8 Å². The Hall–Kier alpha value is -1.70. The molecule has 0 spiro atoms. The van der Waals surface area contributed by atoms with Gasteiger partial charge in [0.1, 0.15) is 6.54 Å². The van der Waals surface area contributed by atoms with Crippen molar-refractivity contribution in [3.63, 3.8) is 0 Å². The van der Waals surface area contributed by atoms with Crippen LogP contribution >= 0.6 is 22.7 Å². The minimum Gasteiger partial charge on any atom is -0.334 e. The number of likely N-dealkylation sites (N-methyl/N-ethyl adjacent to an activating group) is 1. The average Bonchev–Trinajstić information content (AvgIpc) is 3.27. The second-order valence-corrected chi connectivity index (χ2v) is 8.02. The molecule has 0 radical (unpaired) electrons. The number of nitrogens with zero attached hydrogens (tertiary/aromatic N) is 2. The van der Waals surface area contributed by atoms with Gasteiger partial charge in [-0.3, -0.25) is 9.59 Å². The van der Waals surface area contributed by atoms with Crippen molar-refractivity contribution in [2.75, 3.05) is 39.8 Å². The molecule has 3 rings (SSSR count). The van der Waals surface area contributed by atoms with Gasteiger partial charge in [0, 0.05) is 26.2 Å². The number of rotatable bonds is 5. The molecule has 1 unspecified atom stereocenters. The molecular formula is C17H22N3O2S2+. The predicted molar refractivity (Wildman–Crippen MR) is 96.6 cm³/mol. The van der Waals surface area contributed by atoms with Gasteiger partial charge in [-0.05, 0) is 22.9 Å². The highest BCUT2D eigenvalue weighted by Crippen LogP contribution is 2.13. The Morgan fingerprint density at radius 3 is 2.33 bits per heavy atom. The molecule has 1 atom stereocenters. The lowest BCUT2D eigenvalue weighted by Crippen LogP contribution is -3.08. The summed E-state index contributed by atoms with van der Waals surface area (Å²) in [4.78, 5) is 31.8. The van der Waals surface area contributed by atoms with Crippen molar-refractivity contribution in [3.8, 4) is 0 Å². The van der Waals surface area contributed by atoms with E-state index in [0.29, 0.717) is 32.7 Å². The normalized spacial score (nSPS) is 16.2. The van der Waals surface area contributed by atoms with Crippen LogP contribution in [0.5, 0.6) is 0 Å². The molecule has 5 nitrogen and oxygen atoms in total. The standard InChI is InChI=1S/C17H21N3O2S2/c1-18(12-14-4-2-10-23-14)13-16(21)19-6-8-20(9-7-19)17(22)15-5-3-11-24-15/h2-5,10-11H,6-9,12-13H2,1H3/p+1. The summed E-state index contributed by atoms with van der Waals surface area (Å²) >= 11 is 3.19. The van der Waals surface area contributed by atoms with Crippen LogP contribution < -0.4 is 4.90 Å². The lowest BCUT2D eigenvalue weighted by Gasteiger charge is -2.34. The molecule has 0 aliphatic carbocycles. The molecule has 24 heavy (non-hydrogen) atoms. The SMILES string of the molecule is C[NH+](CC(=O)N1CCN(C(=O)c2cccs2)CC1)Cc1cccs1. The first-order valence-electron chi connectivity index (χ1n) is 8.07. The molecule has 1 aliphatic heterocycles. The number of carbonyl (C=O) groups is 2. The van der Waals surface area contributed by atoms with Crippen molar-refractivity contribution in [1.29, 1.82) is 0 Å². The van der Waals surface area contributed by atoms with E-state index in [9.17, 15) is 9.59 Å². The molecular weight excluding hydrogens is 342 g/mol. The zero-order valence-corrected chi connectivity index (χ0v) is 15.4. The lowest BCUT2D eigenvalue weighted by molar-refractivity contribution is -0.885. The van der Waals surface area contributed by atoms with E-state index < -0.39 is 0 Å². The van der Waals surface area contributed by atoms with E-state index in [4.69, 9.17) is 0 Å². The smallest absolute Gasteiger partial charge is 0.277 e. The van der Waals surface area contributed by atoms with Crippen molar-refractivity contribution < 1.29 is 14.5 Å². The van der Waals surface area contributed by atoms with E-state index >= 15 is 0 Å². The monoisotopic (exact) mass is 364 g/mol. The Balaban J connectivity index is 1.45. The van der Waals surface area contributed by atoms with Crippen molar-refractivity contribution in [1.82, 2.24) is 9.80 Å². The quantitative estimate of drug-likeness (QED) is 0.853. The number of hydrogen-bond acceptors (Lipinski definition) is 4. The van der Waals surface area contributed by atoms with Gasteiger partial charge < -0.3 is 14.7 Å².